The molecule has 4 fully saturated rings. The molecule has 7 rings (SSSR count). The zero-order valence-corrected chi connectivity index (χ0v) is 22.4. The van der Waals surface area contributed by atoms with Crippen LogP contribution in [0.25, 0.3) is 10.2 Å². The number of halogens is 1. The van der Waals surface area contributed by atoms with Gasteiger partial charge in [-0.1, -0.05) is 17.7 Å². The SMILES string of the molecule is Cc1ccc(S(=O)(=O)OCC23CCC(c4cc5nc(Cl)nc(N6CCOCC6)c5s4)(CC2)OC3)cc1. The molecule has 0 amide bonds. The number of hydrogen-bond donors (Lipinski definition) is 0. The van der Waals surface area contributed by atoms with Gasteiger partial charge in [0.2, 0.25) is 5.28 Å². The Morgan fingerprint density at radius 2 is 1.83 bits per heavy atom. The molecule has 11 heteroatoms. The van der Waals surface area contributed by atoms with Crippen molar-refractivity contribution in [1.82, 2.24) is 9.97 Å². The van der Waals surface area contributed by atoms with E-state index in [4.69, 9.17) is 25.3 Å². The van der Waals surface area contributed by atoms with E-state index >= 15 is 0 Å². The number of morpholine rings is 1. The monoisotopic (exact) mass is 549 g/mol. The summed E-state index contributed by atoms with van der Waals surface area (Å²) in [5.41, 5.74) is 1.16. The van der Waals surface area contributed by atoms with Gasteiger partial charge in [-0.25, -0.2) is 4.98 Å². The van der Waals surface area contributed by atoms with Crippen LogP contribution in [-0.2, 0) is 29.4 Å². The highest BCUT2D eigenvalue weighted by Gasteiger charge is 2.52. The highest BCUT2D eigenvalue weighted by molar-refractivity contribution is 7.86. The Kier molecular flexibility index (Phi) is 6.25. The third-order valence-electron chi connectivity index (χ3n) is 7.69. The van der Waals surface area contributed by atoms with E-state index in [0.717, 1.165) is 65.2 Å². The number of fused-ring (bicyclic) bond motifs is 4. The van der Waals surface area contributed by atoms with E-state index in [0.29, 0.717) is 19.8 Å². The summed E-state index contributed by atoms with van der Waals surface area (Å²) >= 11 is 7.96. The first-order chi connectivity index (χ1) is 17.3. The summed E-state index contributed by atoms with van der Waals surface area (Å²) in [5, 5.41) is 0.241. The van der Waals surface area contributed by atoms with Crippen LogP contribution in [-0.4, -0.2) is 57.9 Å². The van der Waals surface area contributed by atoms with Gasteiger partial charge in [0, 0.05) is 23.4 Å². The van der Waals surface area contributed by atoms with E-state index in [9.17, 15) is 8.42 Å². The third kappa shape index (κ3) is 4.41. The number of anilines is 1. The predicted molar refractivity (Wildman–Crippen MR) is 138 cm³/mol. The van der Waals surface area contributed by atoms with Gasteiger partial charge in [-0.05, 0) is 62.4 Å². The van der Waals surface area contributed by atoms with Crippen molar-refractivity contribution in [3.63, 3.8) is 0 Å². The fourth-order valence-electron chi connectivity index (χ4n) is 5.34. The van der Waals surface area contributed by atoms with Crippen LogP contribution < -0.4 is 4.90 Å². The maximum atomic E-state index is 12.7. The molecule has 2 bridgehead atoms. The molecular weight excluding hydrogens is 522 g/mol. The topological polar surface area (TPSA) is 90.9 Å². The van der Waals surface area contributed by atoms with Crippen LogP contribution in [0, 0.1) is 12.3 Å². The maximum absolute atomic E-state index is 12.7. The van der Waals surface area contributed by atoms with Crippen molar-refractivity contribution in [2.24, 2.45) is 5.41 Å². The second-order valence-electron chi connectivity index (χ2n) is 10.1. The van der Waals surface area contributed by atoms with Crippen LogP contribution in [0.1, 0.15) is 36.1 Å². The largest absolute Gasteiger partial charge is 0.378 e. The summed E-state index contributed by atoms with van der Waals surface area (Å²) < 4.78 is 44.0. The van der Waals surface area contributed by atoms with Crippen LogP contribution in [0.5, 0.6) is 0 Å². The number of aromatic nitrogens is 2. The average molecular weight is 550 g/mol. The molecule has 1 saturated carbocycles. The molecule has 192 valence electrons. The van der Waals surface area contributed by atoms with Gasteiger partial charge in [-0.2, -0.15) is 13.4 Å². The number of hydrogen-bond acceptors (Lipinski definition) is 9. The lowest BCUT2D eigenvalue weighted by Gasteiger charge is -2.52. The molecular formula is C25H28ClN3O5S2. The van der Waals surface area contributed by atoms with Crippen molar-refractivity contribution in [2.45, 2.75) is 43.1 Å². The lowest BCUT2D eigenvalue weighted by atomic mass is 9.66. The van der Waals surface area contributed by atoms with Gasteiger partial charge in [0.1, 0.15) is 5.60 Å². The van der Waals surface area contributed by atoms with Crippen LogP contribution in [0.15, 0.2) is 35.2 Å². The summed E-state index contributed by atoms with van der Waals surface area (Å²) in [6, 6.07) is 8.83. The molecule has 3 aromatic rings. The van der Waals surface area contributed by atoms with Crippen molar-refractivity contribution < 1.29 is 22.1 Å². The Labute approximate surface area is 219 Å². The standard InChI is InChI=1S/C25H28ClN3O5S2/c1-17-2-4-18(5-3-17)36(30,31)34-16-24-6-8-25(9-7-24,33-15-24)20-14-19-21(35-20)22(28-23(26)27-19)29-10-12-32-13-11-29/h2-5,14H,6-13,15-16H2,1H3. The first kappa shape index (κ1) is 24.5. The minimum absolute atomic E-state index is 0.133. The molecule has 2 aromatic heterocycles. The maximum Gasteiger partial charge on any atom is 0.296 e. The van der Waals surface area contributed by atoms with Crippen LogP contribution in [0.2, 0.25) is 5.28 Å². The Morgan fingerprint density at radius 1 is 1.11 bits per heavy atom. The van der Waals surface area contributed by atoms with E-state index in [1.54, 1.807) is 35.6 Å². The van der Waals surface area contributed by atoms with Crippen molar-refractivity contribution in [3.05, 3.63) is 46.1 Å². The Hall–Kier alpha value is -1.82. The molecule has 0 N–H and O–H groups in total. The zero-order valence-electron chi connectivity index (χ0n) is 20.0. The van der Waals surface area contributed by atoms with Crippen LogP contribution >= 0.6 is 22.9 Å². The molecule has 3 aliphatic heterocycles. The number of benzene rings is 1. The highest BCUT2D eigenvalue weighted by atomic mass is 35.5. The third-order valence-corrected chi connectivity index (χ3v) is 10.4. The van der Waals surface area contributed by atoms with E-state index < -0.39 is 15.7 Å². The van der Waals surface area contributed by atoms with Crippen LogP contribution in [0.4, 0.5) is 5.82 Å². The first-order valence-corrected chi connectivity index (χ1v) is 14.8. The molecule has 0 spiro atoms. The minimum Gasteiger partial charge on any atom is -0.378 e. The molecule has 5 heterocycles. The van der Waals surface area contributed by atoms with Crippen molar-refractivity contribution in [1.29, 1.82) is 0 Å². The fourth-order valence-corrected chi connectivity index (χ4v) is 7.84. The summed E-state index contributed by atoms with van der Waals surface area (Å²) in [4.78, 5) is 12.6. The van der Waals surface area contributed by atoms with Crippen LogP contribution in [0.3, 0.4) is 0 Å². The first-order valence-electron chi connectivity index (χ1n) is 12.2. The fraction of sp³-hybridized carbons (Fsp3) is 0.520. The van der Waals surface area contributed by atoms with Gasteiger partial charge >= 0.3 is 0 Å². The van der Waals surface area contributed by atoms with Gasteiger partial charge in [0.25, 0.3) is 10.1 Å². The lowest BCUT2D eigenvalue weighted by molar-refractivity contribution is -0.195. The Morgan fingerprint density at radius 3 is 2.50 bits per heavy atom. The lowest BCUT2D eigenvalue weighted by Crippen LogP contribution is -2.51. The molecule has 36 heavy (non-hydrogen) atoms. The number of nitrogens with zero attached hydrogens (tertiary/aromatic N) is 3. The molecule has 0 radical (unpaired) electrons. The second-order valence-corrected chi connectivity index (χ2v) is 13.1. The molecule has 1 aliphatic carbocycles. The number of ether oxygens (including phenoxy) is 2. The minimum atomic E-state index is -3.81. The predicted octanol–water partition coefficient (Wildman–Crippen LogP) is 4.68. The summed E-state index contributed by atoms with van der Waals surface area (Å²) in [5.74, 6) is 0.858. The van der Waals surface area contributed by atoms with E-state index in [1.807, 2.05) is 6.92 Å². The number of rotatable bonds is 6. The van der Waals surface area contributed by atoms with Crippen molar-refractivity contribution in [3.8, 4) is 0 Å². The van der Waals surface area contributed by atoms with Crippen molar-refractivity contribution >= 4 is 49.1 Å². The van der Waals surface area contributed by atoms with E-state index in [2.05, 4.69) is 20.9 Å². The normalized spacial score (nSPS) is 26.6. The Balaban J connectivity index is 1.20. The van der Waals surface area contributed by atoms with Crippen molar-refractivity contribution in [2.75, 3.05) is 44.4 Å². The zero-order chi connectivity index (χ0) is 25.0. The Bertz CT molecular complexity index is 1360. The average Bonchev–Trinajstić information content (AvgIpc) is 3.34. The molecule has 0 atom stereocenters. The number of aryl methyl sites for hydroxylation is 1. The molecule has 8 nitrogen and oxygen atoms in total. The summed E-state index contributed by atoms with van der Waals surface area (Å²) in [6.45, 7) is 5.39. The number of thiophene rings is 1. The van der Waals surface area contributed by atoms with Gasteiger partial charge in [-0.3, -0.25) is 4.18 Å². The molecule has 1 aromatic carbocycles. The van der Waals surface area contributed by atoms with Gasteiger partial charge in [0.15, 0.2) is 5.82 Å². The second kappa shape index (κ2) is 9.18. The van der Waals surface area contributed by atoms with E-state index in [-0.39, 0.29) is 22.2 Å². The molecule has 4 aliphatic rings. The molecule has 3 saturated heterocycles. The molecule has 0 unspecified atom stereocenters. The smallest absolute Gasteiger partial charge is 0.296 e. The van der Waals surface area contributed by atoms with Gasteiger partial charge < -0.3 is 14.4 Å². The van der Waals surface area contributed by atoms with Gasteiger partial charge in [0.05, 0.1) is 41.5 Å². The van der Waals surface area contributed by atoms with Gasteiger partial charge in [-0.15, -0.1) is 11.3 Å². The highest BCUT2D eigenvalue weighted by Crippen LogP contribution is 2.56. The summed E-state index contributed by atoms with van der Waals surface area (Å²) in [7, 11) is -3.81. The van der Waals surface area contributed by atoms with E-state index in [1.165, 1.54) is 0 Å². The quantitative estimate of drug-likeness (QED) is 0.323. The summed E-state index contributed by atoms with van der Waals surface area (Å²) in [6.07, 6.45) is 3.30.